The van der Waals surface area contributed by atoms with Crippen LogP contribution in [0.1, 0.15) is 44.4 Å². The molecule has 3 aromatic carbocycles. The third-order valence-electron chi connectivity index (χ3n) is 6.31. The molecule has 0 fully saturated rings. The van der Waals surface area contributed by atoms with E-state index in [0.717, 1.165) is 28.4 Å². The van der Waals surface area contributed by atoms with E-state index in [0.29, 0.717) is 29.8 Å². The third kappa shape index (κ3) is 3.54. The Morgan fingerprint density at radius 2 is 1.68 bits per heavy atom. The largest absolute Gasteiger partial charge is 0.385 e. The highest BCUT2D eigenvalue weighted by Crippen LogP contribution is 2.31. The fourth-order valence-electron chi connectivity index (χ4n) is 4.68. The fourth-order valence-corrected chi connectivity index (χ4v) is 4.68. The minimum atomic E-state index is -0.375. The minimum Gasteiger partial charge on any atom is -0.385 e. The summed E-state index contributed by atoms with van der Waals surface area (Å²) in [6.45, 7) is 3.70. The number of anilines is 1. The second-order valence-electron chi connectivity index (χ2n) is 8.32. The summed E-state index contributed by atoms with van der Waals surface area (Å²) in [6.07, 6.45) is 0.562. The van der Waals surface area contributed by atoms with Gasteiger partial charge in [-0.25, -0.2) is 0 Å². The Morgan fingerprint density at radius 3 is 2.47 bits per heavy atom. The molecule has 172 valence electrons. The van der Waals surface area contributed by atoms with Gasteiger partial charge in [0.2, 0.25) is 0 Å². The van der Waals surface area contributed by atoms with Crippen LogP contribution in [0.2, 0.25) is 0 Å². The van der Waals surface area contributed by atoms with Crippen molar-refractivity contribution in [2.75, 3.05) is 25.6 Å². The number of para-hydroxylation sites is 1. The van der Waals surface area contributed by atoms with Crippen LogP contribution < -0.4 is 5.32 Å². The van der Waals surface area contributed by atoms with Crippen LogP contribution in [0.25, 0.3) is 21.8 Å². The van der Waals surface area contributed by atoms with Gasteiger partial charge in [-0.05, 0) is 55.8 Å². The normalized spacial score (nSPS) is 13.2. The number of amides is 3. The van der Waals surface area contributed by atoms with Crippen molar-refractivity contribution in [3.05, 3.63) is 77.4 Å². The number of rotatable bonds is 7. The number of fused-ring (bicyclic) bond motifs is 4. The van der Waals surface area contributed by atoms with E-state index in [9.17, 15) is 14.4 Å². The number of nitrogens with zero attached hydrogens (tertiary/aromatic N) is 2. The quantitative estimate of drug-likeness (QED) is 0.324. The van der Waals surface area contributed by atoms with E-state index in [1.807, 2.05) is 30.3 Å². The van der Waals surface area contributed by atoms with Crippen molar-refractivity contribution in [2.45, 2.75) is 19.9 Å². The van der Waals surface area contributed by atoms with Crippen LogP contribution in [0.3, 0.4) is 0 Å². The van der Waals surface area contributed by atoms with Crippen molar-refractivity contribution < 1.29 is 19.1 Å². The average Bonchev–Trinajstić information content (AvgIpc) is 3.30. The van der Waals surface area contributed by atoms with Crippen LogP contribution in [0.5, 0.6) is 0 Å². The molecule has 5 rings (SSSR count). The van der Waals surface area contributed by atoms with E-state index in [2.05, 4.69) is 28.9 Å². The summed E-state index contributed by atoms with van der Waals surface area (Å²) in [4.78, 5) is 39.6. The lowest BCUT2D eigenvalue weighted by Gasteiger charge is -2.12. The summed E-state index contributed by atoms with van der Waals surface area (Å²) in [5.74, 6) is -1.04. The van der Waals surface area contributed by atoms with Crippen LogP contribution >= 0.6 is 0 Å². The first-order valence-corrected chi connectivity index (χ1v) is 11.3. The predicted octanol–water partition coefficient (Wildman–Crippen LogP) is 4.70. The molecule has 0 unspecified atom stereocenters. The molecular weight excluding hydrogens is 430 g/mol. The monoisotopic (exact) mass is 455 g/mol. The summed E-state index contributed by atoms with van der Waals surface area (Å²) in [6, 6.07) is 18.7. The number of aromatic nitrogens is 1. The van der Waals surface area contributed by atoms with E-state index in [-0.39, 0.29) is 29.8 Å². The fraction of sp³-hybridized carbons (Fsp3) is 0.222. The van der Waals surface area contributed by atoms with E-state index in [1.165, 1.54) is 11.0 Å². The van der Waals surface area contributed by atoms with Gasteiger partial charge in [0, 0.05) is 59.9 Å². The van der Waals surface area contributed by atoms with Crippen LogP contribution in [-0.4, -0.2) is 47.4 Å². The van der Waals surface area contributed by atoms with Gasteiger partial charge in [0.15, 0.2) is 0 Å². The van der Waals surface area contributed by atoms with Crippen LogP contribution in [-0.2, 0) is 11.3 Å². The molecule has 0 spiro atoms. The van der Waals surface area contributed by atoms with Gasteiger partial charge < -0.3 is 14.6 Å². The summed E-state index contributed by atoms with van der Waals surface area (Å²) in [5.41, 5.74) is 3.84. The number of hydrogen-bond donors (Lipinski definition) is 1. The molecule has 1 aromatic heterocycles. The van der Waals surface area contributed by atoms with Crippen molar-refractivity contribution in [1.82, 2.24) is 9.47 Å². The number of carbonyl (C=O) groups is 3. The Balaban J connectivity index is 1.41. The molecule has 3 amide bonds. The van der Waals surface area contributed by atoms with E-state index in [1.54, 1.807) is 19.2 Å². The number of benzene rings is 3. The molecule has 0 atom stereocenters. The molecule has 0 radical (unpaired) electrons. The number of imide groups is 1. The molecule has 1 aliphatic rings. The van der Waals surface area contributed by atoms with Gasteiger partial charge in [0.05, 0.1) is 11.1 Å². The zero-order valence-corrected chi connectivity index (χ0v) is 19.1. The predicted molar refractivity (Wildman–Crippen MR) is 131 cm³/mol. The maximum Gasteiger partial charge on any atom is 0.261 e. The van der Waals surface area contributed by atoms with E-state index in [4.69, 9.17) is 4.74 Å². The summed E-state index contributed by atoms with van der Waals surface area (Å²) in [5, 5.41) is 5.13. The van der Waals surface area contributed by atoms with Crippen molar-refractivity contribution >= 4 is 45.2 Å². The minimum absolute atomic E-state index is 0.261. The van der Waals surface area contributed by atoms with Gasteiger partial charge >= 0.3 is 0 Å². The molecule has 0 aliphatic carbocycles. The SMILES string of the molecule is CCn1c2ccccc2c2cc(NC(=O)c3ccc4c(c3)C(=O)N(CCCOC)C4=O)ccc21. The van der Waals surface area contributed by atoms with E-state index < -0.39 is 0 Å². The first kappa shape index (κ1) is 21.9. The number of hydrogen-bond acceptors (Lipinski definition) is 4. The van der Waals surface area contributed by atoms with Gasteiger partial charge in [0.25, 0.3) is 17.7 Å². The number of aryl methyl sites for hydroxylation is 1. The van der Waals surface area contributed by atoms with Gasteiger partial charge in [0.1, 0.15) is 0 Å². The smallest absolute Gasteiger partial charge is 0.261 e. The second kappa shape index (κ2) is 8.76. The molecule has 34 heavy (non-hydrogen) atoms. The Morgan fingerprint density at radius 1 is 0.912 bits per heavy atom. The molecule has 7 nitrogen and oxygen atoms in total. The maximum absolute atomic E-state index is 13.0. The van der Waals surface area contributed by atoms with Gasteiger partial charge in [-0.1, -0.05) is 18.2 Å². The second-order valence-corrected chi connectivity index (χ2v) is 8.32. The average molecular weight is 456 g/mol. The highest BCUT2D eigenvalue weighted by molar-refractivity contribution is 6.22. The number of carbonyl (C=O) groups excluding carboxylic acids is 3. The summed E-state index contributed by atoms with van der Waals surface area (Å²) < 4.78 is 7.26. The zero-order chi connectivity index (χ0) is 23.8. The molecule has 1 aliphatic heterocycles. The Hall–Kier alpha value is -3.97. The van der Waals surface area contributed by atoms with E-state index >= 15 is 0 Å². The van der Waals surface area contributed by atoms with Crippen LogP contribution in [0.4, 0.5) is 5.69 Å². The number of methoxy groups -OCH3 is 1. The lowest BCUT2D eigenvalue weighted by atomic mass is 10.1. The summed E-state index contributed by atoms with van der Waals surface area (Å²) >= 11 is 0. The van der Waals surface area contributed by atoms with Crippen LogP contribution in [0, 0.1) is 0 Å². The lowest BCUT2D eigenvalue weighted by molar-refractivity contribution is 0.0638. The number of nitrogens with one attached hydrogen (secondary N) is 1. The maximum atomic E-state index is 13.0. The van der Waals surface area contributed by atoms with Crippen molar-refractivity contribution in [2.24, 2.45) is 0 Å². The van der Waals surface area contributed by atoms with Gasteiger partial charge in [-0.3, -0.25) is 19.3 Å². The molecule has 0 saturated carbocycles. The Labute approximate surface area is 196 Å². The highest BCUT2D eigenvalue weighted by Gasteiger charge is 2.35. The van der Waals surface area contributed by atoms with Crippen molar-refractivity contribution in [1.29, 1.82) is 0 Å². The summed E-state index contributed by atoms with van der Waals surface area (Å²) in [7, 11) is 1.58. The molecule has 0 bridgehead atoms. The molecular formula is C27H25N3O4. The Bertz CT molecular complexity index is 1450. The van der Waals surface area contributed by atoms with Crippen molar-refractivity contribution in [3.63, 3.8) is 0 Å². The zero-order valence-electron chi connectivity index (χ0n) is 19.1. The molecule has 7 heteroatoms. The Kier molecular flexibility index (Phi) is 5.63. The third-order valence-corrected chi connectivity index (χ3v) is 6.31. The van der Waals surface area contributed by atoms with Gasteiger partial charge in [-0.15, -0.1) is 0 Å². The highest BCUT2D eigenvalue weighted by atomic mass is 16.5. The molecule has 0 saturated heterocycles. The standard InChI is InChI=1S/C27H25N3O4/c1-3-29-23-8-5-4-7-19(23)21-16-18(10-12-24(21)29)28-25(31)17-9-11-20-22(15-17)27(33)30(26(20)32)13-6-14-34-2/h4-5,7-12,15-16H,3,6,13-14H2,1-2H3,(H,28,31). The van der Waals surface area contributed by atoms with Crippen molar-refractivity contribution in [3.8, 4) is 0 Å². The molecule has 2 heterocycles. The molecule has 1 N–H and O–H groups in total. The van der Waals surface area contributed by atoms with Gasteiger partial charge in [-0.2, -0.15) is 0 Å². The first-order valence-electron chi connectivity index (χ1n) is 11.3. The lowest BCUT2D eigenvalue weighted by Crippen LogP contribution is -2.31. The van der Waals surface area contributed by atoms with Crippen LogP contribution in [0.15, 0.2) is 60.7 Å². The first-order chi connectivity index (χ1) is 16.5. The number of ether oxygens (including phenoxy) is 1. The topological polar surface area (TPSA) is 80.6 Å². The molecule has 4 aromatic rings.